The molecular weight excluding hydrogens is 296 g/mol. The molecule has 2 nitrogen and oxygen atoms in total. The molecule has 114 valence electrons. The minimum absolute atomic E-state index is 0.116. The van der Waals surface area contributed by atoms with Gasteiger partial charge in [0.15, 0.2) is 11.6 Å². The van der Waals surface area contributed by atoms with Gasteiger partial charge in [0, 0.05) is 16.5 Å². The fourth-order valence-electron chi connectivity index (χ4n) is 3.22. The Balaban J connectivity index is 1.61. The van der Waals surface area contributed by atoms with Gasteiger partial charge in [0.05, 0.1) is 5.41 Å². The normalized spacial score (nSPS) is 23.2. The molecule has 1 aromatic carbocycles. The molecule has 3 fully saturated rings. The topological polar surface area (TPSA) is 34.1 Å². The van der Waals surface area contributed by atoms with Gasteiger partial charge in [-0.3, -0.25) is 9.59 Å². The Bertz CT molecular complexity index is 659. The summed E-state index contributed by atoms with van der Waals surface area (Å²) in [6.07, 6.45) is 7.56. The molecule has 3 aliphatic rings. The zero-order valence-corrected chi connectivity index (χ0v) is 13.2. The molecule has 0 unspecified atom stereocenters. The van der Waals surface area contributed by atoms with Crippen LogP contribution in [0.4, 0.5) is 0 Å². The van der Waals surface area contributed by atoms with Crippen molar-refractivity contribution in [3.8, 4) is 0 Å². The Morgan fingerprint density at radius 3 is 2.09 bits per heavy atom. The number of halogens is 1. The third-order valence-electron chi connectivity index (χ3n) is 5.15. The van der Waals surface area contributed by atoms with Gasteiger partial charge in [0.1, 0.15) is 0 Å². The molecule has 22 heavy (non-hydrogen) atoms. The van der Waals surface area contributed by atoms with Gasteiger partial charge < -0.3 is 0 Å². The SMILES string of the molecule is O=C(C(=CC(=O)C1(c2ccc(Cl)cc2)CC1)C1CC1)C1CC1. The first-order chi connectivity index (χ1) is 10.6. The Morgan fingerprint density at radius 2 is 1.59 bits per heavy atom. The summed E-state index contributed by atoms with van der Waals surface area (Å²) in [5.74, 6) is 0.900. The van der Waals surface area contributed by atoms with Gasteiger partial charge in [0.25, 0.3) is 0 Å². The molecule has 0 spiro atoms. The number of hydrogen-bond donors (Lipinski definition) is 0. The molecule has 4 rings (SSSR count). The monoisotopic (exact) mass is 314 g/mol. The van der Waals surface area contributed by atoms with Crippen LogP contribution >= 0.6 is 11.6 Å². The summed E-state index contributed by atoms with van der Waals surface area (Å²) in [6, 6.07) is 7.57. The van der Waals surface area contributed by atoms with Crippen LogP contribution in [0, 0.1) is 11.8 Å². The predicted molar refractivity (Wildman–Crippen MR) is 85.9 cm³/mol. The maximum atomic E-state index is 12.8. The van der Waals surface area contributed by atoms with Crippen LogP contribution in [-0.2, 0) is 15.0 Å². The summed E-state index contributed by atoms with van der Waals surface area (Å²) in [4.78, 5) is 25.3. The highest BCUT2D eigenvalue weighted by atomic mass is 35.5. The lowest BCUT2D eigenvalue weighted by Crippen LogP contribution is -2.20. The van der Waals surface area contributed by atoms with Crippen LogP contribution in [0.25, 0.3) is 0 Å². The number of ketones is 2. The zero-order chi connectivity index (χ0) is 15.3. The third-order valence-corrected chi connectivity index (χ3v) is 5.41. The molecule has 0 atom stereocenters. The highest BCUT2D eigenvalue weighted by Gasteiger charge is 2.50. The van der Waals surface area contributed by atoms with E-state index in [1.54, 1.807) is 6.08 Å². The number of carbonyl (C=O) groups excluding carboxylic acids is 2. The Morgan fingerprint density at radius 1 is 1.00 bits per heavy atom. The van der Waals surface area contributed by atoms with Crippen molar-refractivity contribution in [2.45, 2.75) is 43.9 Å². The minimum atomic E-state index is -0.394. The van der Waals surface area contributed by atoms with Gasteiger partial charge in [-0.2, -0.15) is 0 Å². The van der Waals surface area contributed by atoms with Gasteiger partial charge in [-0.05, 0) is 68.2 Å². The second kappa shape index (κ2) is 5.06. The van der Waals surface area contributed by atoms with Crippen LogP contribution in [0.5, 0.6) is 0 Å². The van der Waals surface area contributed by atoms with E-state index in [1.807, 2.05) is 24.3 Å². The first-order valence-corrected chi connectivity index (χ1v) is 8.54. The van der Waals surface area contributed by atoms with Crippen molar-refractivity contribution in [2.24, 2.45) is 11.8 Å². The van der Waals surface area contributed by atoms with Crippen LogP contribution in [0.1, 0.15) is 44.1 Å². The summed E-state index contributed by atoms with van der Waals surface area (Å²) in [7, 11) is 0. The quantitative estimate of drug-likeness (QED) is 0.735. The van der Waals surface area contributed by atoms with Crippen molar-refractivity contribution in [3.63, 3.8) is 0 Å². The van der Waals surface area contributed by atoms with Gasteiger partial charge in [-0.15, -0.1) is 0 Å². The van der Waals surface area contributed by atoms with E-state index in [1.165, 1.54) is 0 Å². The average molecular weight is 315 g/mol. The van der Waals surface area contributed by atoms with Gasteiger partial charge in [0.2, 0.25) is 0 Å². The van der Waals surface area contributed by atoms with Crippen molar-refractivity contribution >= 4 is 23.2 Å². The number of carbonyl (C=O) groups is 2. The Kier molecular flexibility index (Phi) is 3.26. The van der Waals surface area contributed by atoms with Crippen LogP contribution in [0.2, 0.25) is 5.02 Å². The van der Waals surface area contributed by atoms with Crippen molar-refractivity contribution in [2.75, 3.05) is 0 Å². The lowest BCUT2D eigenvalue weighted by Gasteiger charge is -2.13. The number of rotatable bonds is 6. The maximum Gasteiger partial charge on any atom is 0.166 e. The van der Waals surface area contributed by atoms with Crippen molar-refractivity contribution in [1.29, 1.82) is 0 Å². The van der Waals surface area contributed by atoms with Gasteiger partial charge >= 0.3 is 0 Å². The van der Waals surface area contributed by atoms with E-state index in [-0.39, 0.29) is 17.5 Å². The fourth-order valence-corrected chi connectivity index (χ4v) is 3.34. The Labute approximate surface area is 135 Å². The van der Waals surface area contributed by atoms with Crippen molar-refractivity contribution in [1.82, 2.24) is 0 Å². The largest absolute Gasteiger partial charge is 0.294 e. The standard InChI is InChI=1S/C19H19ClO2/c20-15-7-5-14(6-8-15)19(9-10-19)17(21)11-16(12-1-2-12)18(22)13-3-4-13/h5-8,11-13H,1-4,9-10H2. The zero-order valence-electron chi connectivity index (χ0n) is 12.5. The van der Waals surface area contributed by atoms with E-state index in [4.69, 9.17) is 11.6 Å². The Hall–Kier alpha value is -1.41. The number of hydrogen-bond acceptors (Lipinski definition) is 2. The number of Topliss-reactive ketones (excluding diaryl/α,β-unsaturated/α-hetero) is 1. The van der Waals surface area contributed by atoms with Crippen molar-refractivity contribution < 1.29 is 9.59 Å². The minimum Gasteiger partial charge on any atom is -0.294 e. The second-order valence-electron chi connectivity index (χ2n) is 6.97. The highest BCUT2D eigenvalue weighted by molar-refractivity contribution is 6.30. The predicted octanol–water partition coefficient (Wildman–Crippen LogP) is 4.26. The summed E-state index contributed by atoms with van der Waals surface area (Å²) < 4.78 is 0. The molecule has 0 radical (unpaired) electrons. The molecule has 3 aliphatic carbocycles. The highest BCUT2D eigenvalue weighted by Crippen LogP contribution is 2.50. The molecule has 1 aromatic rings. The third kappa shape index (κ3) is 2.54. The first-order valence-electron chi connectivity index (χ1n) is 8.16. The van der Waals surface area contributed by atoms with Crippen molar-refractivity contribution in [3.05, 3.63) is 46.5 Å². The number of benzene rings is 1. The smallest absolute Gasteiger partial charge is 0.166 e. The van der Waals surface area contributed by atoms with E-state index in [2.05, 4.69) is 0 Å². The van der Waals surface area contributed by atoms with E-state index >= 15 is 0 Å². The molecule has 0 aliphatic heterocycles. The summed E-state index contributed by atoms with van der Waals surface area (Å²) in [5, 5.41) is 0.685. The molecule has 0 saturated heterocycles. The number of allylic oxidation sites excluding steroid dienone is 2. The van der Waals surface area contributed by atoms with Crippen LogP contribution in [0.3, 0.4) is 0 Å². The van der Waals surface area contributed by atoms with Gasteiger partial charge in [-0.25, -0.2) is 0 Å². The average Bonchev–Trinajstić information content (AvgIpc) is 3.40. The van der Waals surface area contributed by atoms with Crippen LogP contribution in [0.15, 0.2) is 35.9 Å². The van der Waals surface area contributed by atoms with Gasteiger partial charge in [-0.1, -0.05) is 23.7 Å². The molecule has 0 heterocycles. The van der Waals surface area contributed by atoms with E-state index in [9.17, 15) is 9.59 Å². The first kappa shape index (κ1) is 14.2. The molecule has 0 N–H and O–H groups in total. The summed E-state index contributed by atoms with van der Waals surface area (Å²) >= 11 is 5.94. The molecular formula is C19H19ClO2. The lowest BCUT2D eigenvalue weighted by molar-refractivity contribution is -0.119. The molecule has 3 heteroatoms. The van der Waals surface area contributed by atoms with Crippen LogP contribution in [-0.4, -0.2) is 11.6 Å². The van der Waals surface area contributed by atoms with E-state index in [0.29, 0.717) is 10.9 Å². The lowest BCUT2D eigenvalue weighted by atomic mass is 9.88. The maximum absolute atomic E-state index is 12.8. The summed E-state index contributed by atoms with van der Waals surface area (Å²) in [6.45, 7) is 0. The molecule has 3 saturated carbocycles. The molecule has 0 amide bonds. The summed E-state index contributed by atoms with van der Waals surface area (Å²) in [5.41, 5.74) is 1.45. The van der Waals surface area contributed by atoms with E-state index in [0.717, 1.165) is 49.7 Å². The van der Waals surface area contributed by atoms with E-state index < -0.39 is 5.41 Å². The van der Waals surface area contributed by atoms with Crippen LogP contribution < -0.4 is 0 Å². The molecule has 0 bridgehead atoms. The fraction of sp³-hybridized carbons (Fsp3) is 0.474. The molecule has 0 aromatic heterocycles. The second-order valence-corrected chi connectivity index (χ2v) is 7.40.